The number of carbonyl (C=O) groups excluding carboxylic acids is 5. The number of piperazine rings is 1. The Balaban J connectivity index is 0.811. The van der Waals surface area contributed by atoms with Gasteiger partial charge in [0.1, 0.15) is 11.9 Å². The van der Waals surface area contributed by atoms with E-state index in [2.05, 4.69) is 68.6 Å². The molecule has 4 aliphatic rings. The maximum atomic E-state index is 14.6. The number of nitrogens with zero attached hydrogens (tertiary/aromatic N) is 5. The lowest BCUT2D eigenvalue weighted by atomic mass is 9.93. The smallest absolute Gasteiger partial charge is 0.264 e. The van der Waals surface area contributed by atoms with Crippen molar-refractivity contribution < 1.29 is 28.4 Å². The quantitative estimate of drug-likeness (QED) is 0.169. The number of imide groups is 2. The van der Waals surface area contributed by atoms with Crippen molar-refractivity contribution in [2.24, 2.45) is 0 Å². The number of nitrogens with one attached hydrogen (secondary N) is 2. The number of benzene rings is 3. The van der Waals surface area contributed by atoms with Crippen LogP contribution in [0.3, 0.4) is 0 Å². The Morgan fingerprint density at radius 2 is 1.63 bits per heavy atom. The van der Waals surface area contributed by atoms with E-state index in [0.717, 1.165) is 81.1 Å². The molecule has 7 rings (SSSR count). The molecule has 13 heteroatoms. The third-order valence-electron chi connectivity index (χ3n) is 12.2. The topological polar surface area (TPSA) is 126 Å². The van der Waals surface area contributed by atoms with Crippen LogP contribution in [0.1, 0.15) is 81.8 Å². The number of Topliss-reactive ketones (excluding diaryl/α,β-unsaturated/α-hetero) is 1. The Morgan fingerprint density at radius 3 is 2.35 bits per heavy atom. The molecule has 12 nitrogen and oxygen atoms in total. The summed E-state index contributed by atoms with van der Waals surface area (Å²) in [6, 6.07) is 18.6. The lowest BCUT2D eigenvalue weighted by Gasteiger charge is -2.36. The molecule has 3 aromatic rings. The van der Waals surface area contributed by atoms with E-state index < -0.39 is 29.7 Å². The second kappa shape index (κ2) is 17.7. The molecule has 0 bridgehead atoms. The summed E-state index contributed by atoms with van der Waals surface area (Å²) in [5, 5.41) is 5.26. The molecule has 1 unspecified atom stereocenters. The summed E-state index contributed by atoms with van der Waals surface area (Å²) in [5.74, 6) is -2.00. The highest BCUT2D eigenvalue weighted by Crippen LogP contribution is 2.34. The van der Waals surface area contributed by atoms with Gasteiger partial charge in [0.15, 0.2) is 5.78 Å². The molecule has 3 saturated heterocycles. The zero-order chi connectivity index (χ0) is 40.2. The minimum Gasteiger partial charge on any atom is -0.377 e. The maximum Gasteiger partial charge on any atom is 0.264 e. The number of fused-ring (bicyclic) bond motifs is 1. The number of anilines is 2. The predicted octanol–water partition coefficient (Wildman–Crippen LogP) is 4.43. The van der Waals surface area contributed by atoms with Gasteiger partial charge < -0.3 is 15.1 Å². The summed E-state index contributed by atoms with van der Waals surface area (Å²) in [6.45, 7) is 9.34. The van der Waals surface area contributed by atoms with E-state index in [1.54, 1.807) is 24.3 Å². The number of ketones is 1. The lowest BCUT2D eigenvalue weighted by Crippen LogP contribution is -2.54. The fraction of sp³-hybridized carbons (Fsp3) is 0.477. The number of likely N-dealkylation sites (N-methyl/N-ethyl adjacent to an activating group) is 1. The lowest BCUT2D eigenvalue weighted by molar-refractivity contribution is -0.136. The van der Waals surface area contributed by atoms with Crippen LogP contribution in [0.4, 0.5) is 15.8 Å². The predicted molar refractivity (Wildman–Crippen MR) is 217 cm³/mol. The molecule has 57 heavy (non-hydrogen) atoms. The molecule has 4 aliphatic heterocycles. The van der Waals surface area contributed by atoms with Gasteiger partial charge in [-0.25, -0.2) is 4.39 Å². The molecular weight excluding hydrogens is 726 g/mol. The number of amides is 4. The Bertz CT molecular complexity index is 1980. The van der Waals surface area contributed by atoms with Crippen LogP contribution in [0, 0.1) is 12.7 Å². The highest BCUT2D eigenvalue weighted by atomic mass is 19.1. The first-order valence-electron chi connectivity index (χ1n) is 20.3. The largest absolute Gasteiger partial charge is 0.377 e. The molecule has 4 heterocycles. The van der Waals surface area contributed by atoms with Gasteiger partial charge in [0.25, 0.3) is 11.8 Å². The maximum absolute atomic E-state index is 14.6. The number of unbranched alkanes of at least 4 members (excludes halogenated alkanes) is 2. The van der Waals surface area contributed by atoms with Crippen molar-refractivity contribution in [3.8, 4) is 0 Å². The van der Waals surface area contributed by atoms with Gasteiger partial charge in [-0.15, -0.1) is 0 Å². The average molecular weight is 780 g/mol. The van der Waals surface area contributed by atoms with Crippen LogP contribution in [-0.4, -0.2) is 128 Å². The number of piperidine rings is 1. The molecule has 4 amide bonds. The average Bonchev–Trinajstić information content (AvgIpc) is 3.74. The zero-order valence-corrected chi connectivity index (χ0v) is 33.3. The number of rotatable bonds is 15. The van der Waals surface area contributed by atoms with Crippen molar-refractivity contribution in [2.45, 2.75) is 70.0 Å². The monoisotopic (exact) mass is 779 g/mol. The fourth-order valence-corrected chi connectivity index (χ4v) is 8.88. The molecule has 0 aliphatic carbocycles. The van der Waals surface area contributed by atoms with E-state index in [1.165, 1.54) is 17.3 Å². The molecule has 302 valence electrons. The number of likely N-dealkylation sites (tertiary alicyclic amines) is 1. The number of carbonyl (C=O) groups is 5. The number of aryl methyl sites for hydroxylation is 1. The Labute approximate surface area is 334 Å². The van der Waals surface area contributed by atoms with E-state index in [4.69, 9.17) is 0 Å². The number of halogens is 1. The summed E-state index contributed by atoms with van der Waals surface area (Å²) in [5.41, 5.74) is 5.08. The fourth-order valence-electron chi connectivity index (χ4n) is 8.88. The van der Waals surface area contributed by atoms with Gasteiger partial charge in [-0.05, 0) is 88.3 Å². The van der Waals surface area contributed by atoms with Gasteiger partial charge in [0.2, 0.25) is 11.8 Å². The molecule has 0 saturated carbocycles. The van der Waals surface area contributed by atoms with Crippen LogP contribution in [-0.2, 0) is 20.9 Å². The third-order valence-corrected chi connectivity index (χ3v) is 12.2. The van der Waals surface area contributed by atoms with E-state index in [0.29, 0.717) is 30.6 Å². The molecule has 0 radical (unpaired) electrons. The van der Waals surface area contributed by atoms with Gasteiger partial charge >= 0.3 is 0 Å². The van der Waals surface area contributed by atoms with Crippen molar-refractivity contribution in [1.29, 1.82) is 0 Å². The highest BCUT2D eigenvalue weighted by molar-refractivity contribution is 6.25. The molecular formula is C44H54FN7O5. The summed E-state index contributed by atoms with van der Waals surface area (Å²) < 4.78 is 14.6. The summed E-state index contributed by atoms with van der Waals surface area (Å²) in [4.78, 5) is 73.8. The number of hydrogen-bond donors (Lipinski definition) is 2. The second-order valence-electron chi connectivity index (χ2n) is 16.2. The van der Waals surface area contributed by atoms with Crippen LogP contribution in [0.2, 0.25) is 0 Å². The SMILES string of the molecule is Cc1cccc(F)c1CN1C[C@H](c2ccc(N3CCN(CCCCCC(=O)CNc4cccc5c4C(=O)N(C4CCC(=O)NC4=O)C5=O)CC3)cc2)[C@@H](N(C)C)C1. The van der Waals surface area contributed by atoms with Crippen LogP contribution < -0.4 is 15.5 Å². The van der Waals surface area contributed by atoms with Gasteiger partial charge in [0, 0.05) is 87.6 Å². The summed E-state index contributed by atoms with van der Waals surface area (Å²) in [6.07, 6.45) is 3.28. The van der Waals surface area contributed by atoms with E-state index in [1.807, 2.05) is 13.0 Å². The van der Waals surface area contributed by atoms with Gasteiger partial charge in [-0.3, -0.25) is 44.0 Å². The number of hydrogen-bond acceptors (Lipinski definition) is 10. The molecule has 3 fully saturated rings. The second-order valence-corrected chi connectivity index (χ2v) is 16.2. The first kappa shape index (κ1) is 40.2. The third kappa shape index (κ3) is 8.95. The van der Waals surface area contributed by atoms with Gasteiger partial charge in [-0.2, -0.15) is 0 Å². The van der Waals surface area contributed by atoms with Crippen LogP contribution >= 0.6 is 0 Å². The van der Waals surface area contributed by atoms with Crippen molar-refractivity contribution >= 4 is 40.8 Å². The Kier molecular flexibility index (Phi) is 12.5. The molecule has 2 N–H and O–H groups in total. The molecule has 3 atom stereocenters. The first-order valence-corrected chi connectivity index (χ1v) is 20.3. The van der Waals surface area contributed by atoms with Crippen LogP contribution in [0.5, 0.6) is 0 Å². The van der Waals surface area contributed by atoms with Crippen molar-refractivity contribution in [3.63, 3.8) is 0 Å². The zero-order valence-electron chi connectivity index (χ0n) is 33.3. The summed E-state index contributed by atoms with van der Waals surface area (Å²) in [7, 11) is 4.27. The Hall–Kier alpha value is -4.98. The highest BCUT2D eigenvalue weighted by Gasteiger charge is 2.45. The molecule has 0 aromatic heterocycles. The van der Waals surface area contributed by atoms with E-state index >= 15 is 0 Å². The van der Waals surface area contributed by atoms with Crippen LogP contribution in [0.15, 0.2) is 60.7 Å². The molecule has 3 aromatic carbocycles. The van der Waals surface area contributed by atoms with Crippen molar-refractivity contribution in [1.82, 2.24) is 24.9 Å². The first-order chi connectivity index (χ1) is 27.5. The minimum absolute atomic E-state index is 0.0196. The minimum atomic E-state index is -1.04. The summed E-state index contributed by atoms with van der Waals surface area (Å²) >= 11 is 0. The van der Waals surface area contributed by atoms with Gasteiger partial charge in [-0.1, -0.05) is 36.8 Å². The molecule has 0 spiro atoms. The Morgan fingerprint density at radius 1 is 0.877 bits per heavy atom. The van der Waals surface area contributed by atoms with Crippen LogP contribution in [0.25, 0.3) is 0 Å². The standard InChI is InChI=1S/C44H54FN7O5/c1-29-9-7-12-36(45)34(29)26-50-27-35(39(28-50)48(2)3)30-14-16-31(17-15-30)51-23-21-49(22-24-51)20-6-4-5-10-32(53)25-46-37-13-8-11-33-41(37)44(57)52(43(33)56)38-18-19-40(54)47-42(38)55/h7-9,11-17,35,38-39,46H,4-6,10,18-28H2,1-3H3,(H,47,54,55)/t35-,38?,39+/m1/s1. The van der Waals surface area contributed by atoms with E-state index in [9.17, 15) is 28.4 Å². The van der Waals surface area contributed by atoms with Crippen molar-refractivity contribution in [2.75, 3.05) is 76.7 Å². The van der Waals surface area contributed by atoms with E-state index in [-0.39, 0.29) is 42.1 Å². The normalized spacial score (nSPS) is 21.7. The van der Waals surface area contributed by atoms with Crippen molar-refractivity contribution in [3.05, 3.63) is 94.3 Å². The van der Waals surface area contributed by atoms with Gasteiger partial charge in [0.05, 0.1) is 17.7 Å².